The van der Waals surface area contributed by atoms with E-state index >= 15 is 0 Å². The third-order valence-corrected chi connectivity index (χ3v) is 2.33. The Morgan fingerprint density at radius 2 is 2.21 bits per heavy atom. The smallest absolute Gasteiger partial charge is 0.217 e. The summed E-state index contributed by atoms with van der Waals surface area (Å²) in [6.07, 6.45) is 2.04. The fourth-order valence-electron chi connectivity index (χ4n) is 1.60. The first-order chi connectivity index (χ1) is 6.09. The summed E-state index contributed by atoms with van der Waals surface area (Å²) in [4.78, 5) is 10.8. The highest BCUT2D eigenvalue weighted by Gasteiger charge is 2.24. The van der Waals surface area contributed by atoms with Crippen LogP contribution in [-0.2, 0) is 9.53 Å². The minimum Gasteiger partial charge on any atom is -0.374 e. The van der Waals surface area contributed by atoms with Crippen LogP contribution < -0.4 is 11.1 Å². The van der Waals surface area contributed by atoms with E-state index in [1.165, 1.54) is 6.92 Å². The van der Waals surface area contributed by atoms with Crippen molar-refractivity contribution in [2.75, 3.05) is 6.61 Å². The van der Waals surface area contributed by atoms with Crippen LogP contribution in [0.2, 0.25) is 0 Å². The minimum absolute atomic E-state index is 0. The number of rotatable bonds is 2. The lowest BCUT2D eigenvalue weighted by atomic mass is 10.0. The summed E-state index contributed by atoms with van der Waals surface area (Å²) in [5.74, 6) is -0.00836. The molecule has 3 atom stereocenters. The van der Waals surface area contributed by atoms with E-state index in [0.29, 0.717) is 6.61 Å². The third-order valence-electron chi connectivity index (χ3n) is 2.33. The number of nitrogens with two attached hydrogens (primary N) is 1. The Kier molecular flexibility index (Phi) is 6.08. The van der Waals surface area contributed by atoms with E-state index in [-0.39, 0.29) is 36.5 Å². The molecule has 1 aliphatic rings. The number of hydrogen-bond acceptors (Lipinski definition) is 3. The molecule has 5 heteroatoms. The maximum Gasteiger partial charge on any atom is 0.217 e. The van der Waals surface area contributed by atoms with Gasteiger partial charge >= 0.3 is 0 Å². The number of hydrogen-bond donors (Lipinski definition) is 2. The zero-order valence-corrected chi connectivity index (χ0v) is 9.47. The van der Waals surface area contributed by atoms with Gasteiger partial charge in [0.05, 0.1) is 18.8 Å². The molecule has 0 radical (unpaired) electrons. The van der Waals surface area contributed by atoms with Gasteiger partial charge in [-0.3, -0.25) is 4.79 Å². The molecule has 0 bridgehead atoms. The van der Waals surface area contributed by atoms with Crippen LogP contribution in [0, 0.1) is 0 Å². The Morgan fingerprint density at radius 3 is 2.64 bits per heavy atom. The Labute approximate surface area is 91.0 Å². The summed E-state index contributed by atoms with van der Waals surface area (Å²) < 4.78 is 5.51. The van der Waals surface area contributed by atoms with E-state index in [2.05, 4.69) is 5.32 Å². The summed E-state index contributed by atoms with van der Waals surface area (Å²) in [5.41, 5.74) is 5.69. The Morgan fingerprint density at radius 1 is 1.57 bits per heavy atom. The summed E-state index contributed by atoms with van der Waals surface area (Å²) in [6, 6.07) is 0.255. The maximum absolute atomic E-state index is 10.8. The molecular weight excluding hydrogens is 204 g/mol. The summed E-state index contributed by atoms with van der Waals surface area (Å²) >= 11 is 0. The highest BCUT2D eigenvalue weighted by atomic mass is 35.5. The molecule has 3 N–H and O–H groups in total. The van der Waals surface area contributed by atoms with Crippen LogP contribution in [0.4, 0.5) is 0 Å². The van der Waals surface area contributed by atoms with Crippen LogP contribution in [0.3, 0.4) is 0 Å². The molecule has 0 aromatic heterocycles. The molecule has 0 saturated carbocycles. The molecule has 1 fully saturated rings. The lowest BCUT2D eigenvalue weighted by molar-refractivity contribution is -0.121. The summed E-state index contributed by atoms with van der Waals surface area (Å²) in [7, 11) is 0. The Bertz CT molecular complexity index is 182. The third kappa shape index (κ3) is 4.26. The number of nitrogens with one attached hydrogen (secondary N) is 1. The Balaban J connectivity index is 0.00000169. The van der Waals surface area contributed by atoms with Crippen LogP contribution >= 0.6 is 12.4 Å². The van der Waals surface area contributed by atoms with Gasteiger partial charge in [0.1, 0.15) is 0 Å². The average molecular weight is 223 g/mol. The predicted molar refractivity (Wildman–Crippen MR) is 57.5 cm³/mol. The average Bonchev–Trinajstić information content (AvgIpc) is 2.04. The Hall–Kier alpha value is -0.320. The molecule has 0 unspecified atom stereocenters. The normalized spacial score (nSPS) is 28.8. The molecule has 0 aliphatic carbocycles. The van der Waals surface area contributed by atoms with Gasteiger partial charge in [0.25, 0.3) is 0 Å². The van der Waals surface area contributed by atoms with Gasteiger partial charge in [0, 0.05) is 13.0 Å². The fourth-order valence-corrected chi connectivity index (χ4v) is 1.60. The van der Waals surface area contributed by atoms with Gasteiger partial charge in [0.15, 0.2) is 0 Å². The second kappa shape index (κ2) is 6.22. The lowest BCUT2D eigenvalue weighted by Crippen LogP contribution is -2.46. The largest absolute Gasteiger partial charge is 0.374 e. The molecule has 4 nitrogen and oxygen atoms in total. The van der Waals surface area contributed by atoms with Crippen molar-refractivity contribution in [1.29, 1.82) is 0 Å². The molecule has 84 valence electrons. The summed E-state index contributed by atoms with van der Waals surface area (Å²) in [5, 5.41) is 2.82. The predicted octanol–water partition coefficient (Wildman–Crippen LogP) is 0.439. The number of carbonyl (C=O) groups excluding carboxylic acids is 1. The molecule has 14 heavy (non-hydrogen) atoms. The van der Waals surface area contributed by atoms with E-state index in [0.717, 1.165) is 12.8 Å². The van der Waals surface area contributed by atoms with Crippen LogP contribution in [0.15, 0.2) is 0 Å². The number of halogens is 1. The van der Waals surface area contributed by atoms with Gasteiger partial charge in [-0.15, -0.1) is 12.4 Å². The van der Waals surface area contributed by atoms with Crippen LogP contribution in [0.5, 0.6) is 0 Å². The first-order valence-electron chi connectivity index (χ1n) is 4.74. The minimum atomic E-state index is -0.00836. The molecule has 1 amide bonds. The second-order valence-corrected chi connectivity index (χ2v) is 3.70. The monoisotopic (exact) mass is 222 g/mol. The van der Waals surface area contributed by atoms with E-state index in [9.17, 15) is 4.79 Å². The molecule has 0 spiro atoms. The number of ether oxygens (including phenoxy) is 1. The summed E-state index contributed by atoms with van der Waals surface area (Å²) in [6.45, 7) is 4.09. The van der Waals surface area contributed by atoms with E-state index in [1.807, 2.05) is 6.92 Å². The standard InChI is InChI=1S/C9H18N2O2.ClH/c1-6(11-7(2)12)9-4-3-8(10)5-13-9;/h6,8-9H,3-5,10H2,1-2H3,(H,11,12);1H/t6-,8+,9-;/m0./s1. The van der Waals surface area contributed by atoms with Gasteiger partial charge in [-0.1, -0.05) is 0 Å². The van der Waals surface area contributed by atoms with Gasteiger partial charge in [-0.25, -0.2) is 0 Å². The van der Waals surface area contributed by atoms with E-state index in [1.54, 1.807) is 0 Å². The molecule has 0 aromatic carbocycles. The highest BCUT2D eigenvalue weighted by molar-refractivity contribution is 5.85. The van der Waals surface area contributed by atoms with Crippen LogP contribution in [0.1, 0.15) is 26.7 Å². The molecule has 1 heterocycles. The van der Waals surface area contributed by atoms with E-state index in [4.69, 9.17) is 10.5 Å². The van der Waals surface area contributed by atoms with Crippen molar-refractivity contribution in [3.05, 3.63) is 0 Å². The fraction of sp³-hybridized carbons (Fsp3) is 0.889. The first-order valence-corrected chi connectivity index (χ1v) is 4.74. The lowest BCUT2D eigenvalue weighted by Gasteiger charge is -2.31. The van der Waals surface area contributed by atoms with Crippen LogP contribution in [0.25, 0.3) is 0 Å². The molecule has 1 saturated heterocycles. The second-order valence-electron chi connectivity index (χ2n) is 3.70. The number of amides is 1. The van der Waals surface area contributed by atoms with Crippen molar-refractivity contribution in [3.8, 4) is 0 Å². The van der Waals surface area contributed by atoms with Gasteiger partial charge in [-0.2, -0.15) is 0 Å². The van der Waals surface area contributed by atoms with Crippen molar-refractivity contribution in [1.82, 2.24) is 5.32 Å². The topological polar surface area (TPSA) is 64.4 Å². The molecular formula is C9H19ClN2O2. The number of carbonyl (C=O) groups is 1. The van der Waals surface area contributed by atoms with Crippen molar-refractivity contribution in [2.24, 2.45) is 5.73 Å². The van der Waals surface area contributed by atoms with Gasteiger partial charge in [0.2, 0.25) is 5.91 Å². The van der Waals surface area contributed by atoms with Crippen LogP contribution in [-0.4, -0.2) is 30.7 Å². The quantitative estimate of drug-likeness (QED) is 0.713. The first kappa shape index (κ1) is 13.7. The molecule has 1 rings (SSSR count). The zero-order valence-electron chi connectivity index (χ0n) is 8.66. The van der Waals surface area contributed by atoms with Gasteiger partial charge in [-0.05, 0) is 19.8 Å². The van der Waals surface area contributed by atoms with Crippen molar-refractivity contribution < 1.29 is 9.53 Å². The zero-order chi connectivity index (χ0) is 9.84. The molecule has 0 aromatic rings. The van der Waals surface area contributed by atoms with Crippen molar-refractivity contribution >= 4 is 18.3 Å². The van der Waals surface area contributed by atoms with Gasteiger partial charge < -0.3 is 15.8 Å². The maximum atomic E-state index is 10.8. The highest BCUT2D eigenvalue weighted by Crippen LogP contribution is 2.15. The molecule has 1 aliphatic heterocycles. The SMILES string of the molecule is CC(=O)N[C@@H](C)[C@@H]1CC[C@@H](N)CO1.Cl. The van der Waals surface area contributed by atoms with E-state index < -0.39 is 0 Å². The van der Waals surface area contributed by atoms with Crippen molar-refractivity contribution in [3.63, 3.8) is 0 Å². The van der Waals surface area contributed by atoms with Crippen molar-refractivity contribution in [2.45, 2.75) is 44.9 Å².